The molecule has 19 rings (SSSR count). The Morgan fingerprint density at radius 2 is 0.677 bits per heavy atom. The van der Waals surface area contributed by atoms with Crippen LogP contribution < -0.4 is 52.1 Å². The lowest BCUT2D eigenvalue weighted by molar-refractivity contribution is 0.483. The number of fused-ring (bicyclic) bond motifs is 11. The second kappa shape index (κ2) is 22.4. The molecule has 0 unspecified atom stereocenters. The van der Waals surface area contributed by atoms with Gasteiger partial charge in [0.2, 0.25) is 0 Å². The van der Waals surface area contributed by atoms with E-state index in [-0.39, 0.29) is 24.3 Å². The number of benzene rings is 14. The van der Waals surface area contributed by atoms with Crippen LogP contribution in [0, 0.1) is 0 Å². The molecule has 4 aliphatic rings. The molecule has 5 nitrogen and oxygen atoms in total. The highest BCUT2D eigenvalue weighted by Crippen LogP contribution is 2.54. The van der Waals surface area contributed by atoms with Gasteiger partial charge < -0.3 is 23.8 Å². The summed E-state index contributed by atoms with van der Waals surface area (Å²) >= 11 is 0. The van der Waals surface area contributed by atoms with Crippen LogP contribution in [-0.4, -0.2) is 18.0 Å². The SMILES string of the molecule is CC(C)(C)c1cc2c3c(c1)N(c1c(-c4ccccc4)cccc1-c1ccccc1)c1cc(-n4c5ccccc5c5ccccc54)ccc1B3c1cc3c(cc1O2)N(c1c(-c2ccccc2)cccc1-c1ccccc1)c1cc(C(C)(C)C)cc2c1B3c1cccc(-c3ccccc3)c1O2. The second-order valence-corrected chi connectivity index (χ2v) is 29.1. The van der Waals surface area contributed by atoms with E-state index in [4.69, 9.17) is 9.47 Å². The van der Waals surface area contributed by atoms with E-state index in [2.05, 4.69) is 365 Å². The monoisotopic (exact) mass is 1270 g/mol. The first-order chi connectivity index (χ1) is 48.4. The van der Waals surface area contributed by atoms with Gasteiger partial charge in [-0.15, -0.1) is 0 Å². The van der Waals surface area contributed by atoms with Gasteiger partial charge in [-0.05, 0) is 131 Å². The number of aromatic nitrogens is 1. The van der Waals surface area contributed by atoms with Gasteiger partial charge in [0.15, 0.2) is 0 Å². The molecule has 0 saturated carbocycles. The van der Waals surface area contributed by atoms with Crippen LogP contribution in [0.2, 0.25) is 0 Å². The molecule has 0 radical (unpaired) electrons. The molecule has 4 aliphatic heterocycles. The highest BCUT2D eigenvalue weighted by atomic mass is 16.5. The van der Waals surface area contributed by atoms with Crippen LogP contribution in [0.1, 0.15) is 52.7 Å². The summed E-state index contributed by atoms with van der Waals surface area (Å²) in [6.45, 7) is 13.4. The Hall–Kier alpha value is -11.8. The van der Waals surface area contributed by atoms with Crippen molar-refractivity contribution in [3.8, 4) is 84.3 Å². The summed E-state index contributed by atoms with van der Waals surface area (Å²) in [5.41, 5.74) is 29.8. The number of rotatable bonds is 8. The minimum atomic E-state index is -0.287. The average Bonchev–Trinajstić information content (AvgIpc) is 1.05. The summed E-state index contributed by atoms with van der Waals surface area (Å²) in [5.74, 6) is 3.43. The quantitative estimate of drug-likeness (QED) is 0.142. The van der Waals surface area contributed by atoms with E-state index in [1.165, 1.54) is 32.8 Å². The zero-order chi connectivity index (χ0) is 66.4. The van der Waals surface area contributed by atoms with Gasteiger partial charge in [-0.2, -0.15) is 0 Å². The Bertz CT molecular complexity index is 5610. The first kappa shape index (κ1) is 58.6. The zero-order valence-electron chi connectivity index (χ0n) is 56.3. The van der Waals surface area contributed by atoms with Gasteiger partial charge in [0.1, 0.15) is 23.0 Å². The molecule has 1 aromatic heterocycles. The van der Waals surface area contributed by atoms with Crippen LogP contribution in [0.5, 0.6) is 23.0 Å². The summed E-state index contributed by atoms with van der Waals surface area (Å²) < 4.78 is 18.1. The number of nitrogens with zero attached hydrogens (tertiary/aromatic N) is 3. The molecule has 7 heteroatoms. The van der Waals surface area contributed by atoms with Crippen molar-refractivity contribution in [1.82, 2.24) is 4.57 Å². The maximum Gasteiger partial charge on any atom is 0.256 e. The normalized spacial score (nSPS) is 13.2. The largest absolute Gasteiger partial charge is 0.458 e. The van der Waals surface area contributed by atoms with Crippen molar-refractivity contribution >= 4 is 102 Å². The van der Waals surface area contributed by atoms with Gasteiger partial charge in [-0.25, -0.2) is 0 Å². The number of para-hydroxylation sites is 5. The maximum atomic E-state index is 7.98. The Labute approximate surface area is 579 Å². The molecular formula is C92H69B2N3O2. The van der Waals surface area contributed by atoms with E-state index >= 15 is 0 Å². The minimum Gasteiger partial charge on any atom is -0.458 e. The third kappa shape index (κ3) is 9.24. The first-order valence-corrected chi connectivity index (χ1v) is 34.7. The molecular weight excluding hydrogens is 1200 g/mol. The van der Waals surface area contributed by atoms with Crippen LogP contribution in [-0.2, 0) is 10.8 Å². The van der Waals surface area contributed by atoms with Gasteiger partial charge in [-0.1, -0.05) is 296 Å². The molecule has 0 N–H and O–H groups in total. The molecule has 14 aromatic carbocycles. The van der Waals surface area contributed by atoms with Crippen molar-refractivity contribution in [2.45, 2.75) is 52.4 Å². The van der Waals surface area contributed by atoms with E-state index in [1.54, 1.807) is 0 Å². The Morgan fingerprint density at radius 3 is 1.14 bits per heavy atom. The molecule has 0 amide bonds. The predicted octanol–water partition coefficient (Wildman–Crippen LogP) is 20.5. The molecule has 0 spiro atoms. The predicted molar refractivity (Wildman–Crippen MR) is 417 cm³/mol. The standard InChI is InChI=1S/C92H69B2N3O2/c1-91(2,3)63-51-81-86-84(53-63)98-83-57-80-75(56-76(83)93(86)73-50-49-65(95-77-47-24-22-39-71(77)72-40-23-25-48-78(72)95)55-79(73)96(81)88-66(58-29-12-7-13-30-58)41-26-42-67(88)59-31-14-8-15-32-59)94-74-46-28-45-70(62-37-20-11-21-38-62)90(74)99-85-54-64(92(4,5)6)52-82(87(85)94)97(80)89-68(60-33-16-9-17-34-60)43-27-44-69(89)61-35-18-10-19-36-61/h7-57H,1-6H3. The molecule has 0 aliphatic carbocycles. The fourth-order valence-corrected chi connectivity index (χ4v) is 16.5. The molecule has 99 heavy (non-hydrogen) atoms. The minimum absolute atomic E-state index is 0.255. The van der Waals surface area contributed by atoms with Crippen molar-refractivity contribution in [2.24, 2.45) is 0 Å². The van der Waals surface area contributed by atoms with E-state index in [9.17, 15) is 0 Å². The molecule has 0 fully saturated rings. The van der Waals surface area contributed by atoms with Crippen molar-refractivity contribution in [2.75, 3.05) is 9.80 Å². The van der Waals surface area contributed by atoms with E-state index in [0.29, 0.717) is 0 Å². The summed E-state index contributed by atoms with van der Waals surface area (Å²) in [7, 11) is 0. The zero-order valence-corrected chi connectivity index (χ0v) is 56.3. The van der Waals surface area contributed by atoms with Crippen molar-refractivity contribution in [3.05, 3.63) is 321 Å². The van der Waals surface area contributed by atoms with Crippen LogP contribution >= 0.6 is 0 Å². The van der Waals surface area contributed by atoms with Crippen LogP contribution in [0.3, 0.4) is 0 Å². The maximum absolute atomic E-state index is 7.98. The van der Waals surface area contributed by atoms with Crippen molar-refractivity contribution in [1.29, 1.82) is 0 Å². The summed E-state index contributed by atoms with van der Waals surface area (Å²) in [6, 6.07) is 115. The lowest BCUT2D eigenvalue weighted by atomic mass is 9.30. The van der Waals surface area contributed by atoms with Gasteiger partial charge >= 0.3 is 0 Å². The molecule has 0 saturated heterocycles. The third-order valence-electron chi connectivity index (χ3n) is 21.2. The Morgan fingerprint density at radius 1 is 0.283 bits per heavy atom. The van der Waals surface area contributed by atoms with Gasteiger partial charge in [0.05, 0.1) is 22.4 Å². The lowest BCUT2D eigenvalue weighted by Gasteiger charge is -2.45. The highest BCUT2D eigenvalue weighted by Gasteiger charge is 2.49. The molecule has 0 atom stereocenters. The second-order valence-electron chi connectivity index (χ2n) is 29.1. The molecule has 15 aromatic rings. The van der Waals surface area contributed by atoms with Crippen LogP contribution in [0.25, 0.3) is 83.1 Å². The van der Waals surface area contributed by atoms with Crippen molar-refractivity contribution < 1.29 is 9.47 Å². The third-order valence-corrected chi connectivity index (χ3v) is 21.2. The van der Waals surface area contributed by atoms with Crippen LogP contribution in [0.15, 0.2) is 309 Å². The number of ether oxygens (including phenoxy) is 2. The molecule has 5 heterocycles. The first-order valence-electron chi connectivity index (χ1n) is 34.7. The smallest absolute Gasteiger partial charge is 0.256 e. The van der Waals surface area contributed by atoms with Gasteiger partial charge in [0, 0.05) is 73.1 Å². The molecule has 470 valence electrons. The number of anilines is 6. The van der Waals surface area contributed by atoms with Crippen LogP contribution in [0.4, 0.5) is 34.1 Å². The number of hydrogen-bond acceptors (Lipinski definition) is 4. The van der Waals surface area contributed by atoms with Crippen molar-refractivity contribution in [3.63, 3.8) is 0 Å². The molecule has 0 bridgehead atoms. The topological polar surface area (TPSA) is 29.9 Å². The summed E-state index contributed by atoms with van der Waals surface area (Å²) in [4.78, 5) is 5.22. The van der Waals surface area contributed by atoms with E-state index < -0.39 is 0 Å². The van der Waals surface area contributed by atoms with Gasteiger partial charge in [0.25, 0.3) is 13.4 Å². The average molecular weight is 1270 g/mol. The summed E-state index contributed by atoms with van der Waals surface area (Å²) in [6.07, 6.45) is 0. The lowest BCUT2D eigenvalue weighted by Crippen LogP contribution is -2.63. The Kier molecular flexibility index (Phi) is 13.2. The van der Waals surface area contributed by atoms with E-state index in [1.807, 2.05) is 0 Å². The Balaban J connectivity index is 0.947. The van der Waals surface area contributed by atoms with Gasteiger partial charge in [-0.3, -0.25) is 0 Å². The summed E-state index contributed by atoms with van der Waals surface area (Å²) in [5, 5.41) is 2.44. The fourth-order valence-electron chi connectivity index (χ4n) is 16.5. The van der Waals surface area contributed by atoms with E-state index in [0.717, 1.165) is 151 Å². The number of hydrogen-bond donors (Lipinski definition) is 0. The highest BCUT2D eigenvalue weighted by molar-refractivity contribution is 7.02. The fraction of sp³-hybridized carbons (Fsp3) is 0.0870.